The van der Waals surface area contributed by atoms with Gasteiger partial charge in [0, 0.05) is 11.1 Å². The molecule has 0 bridgehead atoms. The predicted molar refractivity (Wildman–Crippen MR) is 108 cm³/mol. The van der Waals surface area contributed by atoms with E-state index in [4.69, 9.17) is 5.73 Å². The van der Waals surface area contributed by atoms with Gasteiger partial charge in [0.2, 0.25) is 10.9 Å². The van der Waals surface area contributed by atoms with Crippen LogP contribution in [-0.4, -0.2) is 33.0 Å². The number of amides is 2. The number of hydrogen-bond donors (Lipinski definition) is 1. The molecule has 2 amide bonds. The maximum Gasteiger partial charge on any atom is 0.291 e. The van der Waals surface area contributed by atoms with Gasteiger partial charge in [-0.1, -0.05) is 59.9 Å². The van der Waals surface area contributed by atoms with Crippen molar-refractivity contribution in [3.63, 3.8) is 0 Å². The molecule has 2 aromatic heterocycles. The number of anilines is 1. The molecule has 2 aromatic carbocycles. The first-order valence-electron chi connectivity index (χ1n) is 8.73. The van der Waals surface area contributed by atoms with E-state index in [1.165, 1.54) is 9.42 Å². The summed E-state index contributed by atoms with van der Waals surface area (Å²) >= 11 is 1.10. The van der Waals surface area contributed by atoms with Gasteiger partial charge in [-0.05, 0) is 6.07 Å². The number of carbonyl (C=O) groups is 2. The molecule has 9 heteroatoms. The van der Waals surface area contributed by atoms with Crippen molar-refractivity contribution in [2.75, 3.05) is 11.4 Å². The van der Waals surface area contributed by atoms with Crippen LogP contribution >= 0.6 is 11.3 Å². The molecular weight excluding hydrogens is 390 g/mol. The van der Waals surface area contributed by atoms with Crippen molar-refractivity contribution in [3.05, 3.63) is 75.0 Å². The van der Waals surface area contributed by atoms with Crippen LogP contribution < -0.4 is 20.7 Å². The van der Waals surface area contributed by atoms with Crippen molar-refractivity contribution in [1.82, 2.24) is 14.6 Å². The van der Waals surface area contributed by atoms with Gasteiger partial charge < -0.3 is 5.73 Å². The highest BCUT2D eigenvalue weighted by Gasteiger charge is 2.35. The van der Waals surface area contributed by atoms with Crippen LogP contribution in [-0.2, 0) is 9.59 Å². The van der Waals surface area contributed by atoms with Gasteiger partial charge >= 0.3 is 0 Å². The van der Waals surface area contributed by atoms with E-state index in [1.807, 2.05) is 30.3 Å². The minimum Gasteiger partial charge on any atom is -0.368 e. The fraction of sp³-hybridized carbons (Fsp3) is 0.0500. The van der Waals surface area contributed by atoms with Gasteiger partial charge in [0.15, 0.2) is 5.82 Å². The molecule has 0 unspecified atom stereocenters. The zero-order valence-corrected chi connectivity index (χ0v) is 15.7. The molecule has 0 aliphatic carbocycles. The lowest BCUT2D eigenvalue weighted by atomic mass is 10.1. The normalized spacial score (nSPS) is 15.2. The van der Waals surface area contributed by atoms with Crippen LogP contribution in [0.15, 0.2) is 59.4 Å². The first kappa shape index (κ1) is 17.3. The number of fused-ring (bicyclic) bond motifs is 2. The van der Waals surface area contributed by atoms with Crippen molar-refractivity contribution >= 4 is 39.4 Å². The second-order valence-electron chi connectivity index (χ2n) is 6.48. The summed E-state index contributed by atoms with van der Waals surface area (Å²) in [6.07, 6.45) is 0. The fourth-order valence-corrected chi connectivity index (χ4v) is 4.40. The molecule has 0 saturated carbocycles. The number of nitrogens with two attached hydrogens (primary N) is 1. The minimum atomic E-state index is -0.632. The molecule has 0 atom stereocenters. The second-order valence-corrected chi connectivity index (χ2v) is 7.46. The average Bonchev–Trinajstić information content (AvgIpc) is 3.35. The molecule has 0 fully saturated rings. The maximum atomic E-state index is 13.0. The van der Waals surface area contributed by atoms with E-state index in [9.17, 15) is 14.4 Å². The lowest BCUT2D eigenvalue weighted by molar-refractivity contribution is -0.119. The summed E-state index contributed by atoms with van der Waals surface area (Å²) in [6.45, 7) is -0.257. The number of para-hydroxylation sites is 1. The van der Waals surface area contributed by atoms with Gasteiger partial charge in [-0.3, -0.25) is 19.3 Å². The summed E-state index contributed by atoms with van der Waals surface area (Å²) in [7, 11) is 0. The van der Waals surface area contributed by atoms with Gasteiger partial charge in [-0.15, -0.1) is 5.10 Å². The van der Waals surface area contributed by atoms with E-state index in [0.29, 0.717) is 22.0 Å². The monoisotopic (exact) mass is 403 g/mol. The van der Waals surface area contributed by atoms with Crippen molar-refractivity contribution in [2.24, 2.45) is 5.73 Å². The Morgan fingerprint density at radius 1 is 1.03 bits per heavy atom. The highest BCUT2D eigenvalue weighted by Crippen LogP contribution is 2.34. The smallest absolute Gasteiger partial charge is 0.291 e. The predicted octanol–water partition coefficient (Wildman–Crippen LogP) is 0.568. The summed E-state index contributed by atoms with van der Waals surface area (Å²) < 4.78 is 1.45. The Labute approximate surface area is 167 Å². The number of nitrogens with zero attached hydrogens (tertiary/aromatic N) is 4. The van der Waals surface area contributed by atoms with Crippen LogP contribution in [0.25, 0.3) is 21.9 Å². The third-order valence-electron chi connectivity index (χ3n) is 4.65. The van der Waals surface area contributed by atoms with E-state index >= 15 is 0 Å². The Kier molecular flexibility index (Phi) is 3.78. The average molecular weight is 403 g/mol. The highest BCUT2D eigenvalue weighted by atomic mass is 32.1. The standard InChI is InChI=1S/C20H13N5O3S/c21-14(26)10-24-13-9-5-4-8-12(13)15(18(24)27)16-19(28)25-20(29-16)22-17(23-25)11-6-2-1-3-7-11/h1-9H,10H2,(H2,21,26). The second kappa shape index (κ2) is 6.35. The van der Waals surface area contributed by atoms with Crippen LogP contribution in [0.1, 0.15) is 5.56 Å². The van der Waals surface area contributed by atoms with Gasteiger partial charge in [-0.2, -0.15) is 9.50 Å². The SMILES string of the molecule is NC(=O)CN1C(=O)C(=c2sc3nc(-c4ccccc4)nn3c2=O)c2ccccc21. The van der Waals surface area contributed by atoms with Crippen LogP contribution in [0.5, 0.6) is 0 Å². The molecule has 4 aromatic rings. The number of primary amides is 1. The Hall–Kier alpha value is -3.85. The number of carbonyl (C=O) groups excluding carboxylic acids is 2. The van der Waals surface area contributed by atoms with Crippen molar-refractivity contribution in [3.8, 4) is 11.4 Å². The van der Waals surface area contributed by atoms with E-state index in [0.717, 1.165) is 16.9 Å². The molecule has 1 aliphatic rings. The lowest BCUT2D eigenvalue weighted by Crippen LogP contribution is -2.37. The van der Waals surface area contributed by atoms with Gasteiger partial charge in [-0.25, -0.2) is 0 Å². The number of rotatable bonds is 3. The van der Waals surface area contributed by atoms with E-state index in [-0.39, 0.29) is 16.7 Å². The van der Waals surface area contributed by atoms with Crippen LogP contribution in [0.2, 0.25) is 0 Å². The van der Waals surface area contributed by atoms with Crippen molar-refractivity contribution in [1.29, 1.82) is 0 Å². The topological polar surface area (TPSA) is 111 Å². The highest BCUT2D eigenvalue weighted by molar-refractivity contribution is 7.15. The largest absolute Gasteiger partial charge is 0.368 e. The van der Waals surface area contributed by atoms with Crippen molar-refractivity contribution < 1.29 is 9.59 Å². The summed E-state index contributed by atoms with van der Waals surface area (Å²) in [5.41, 5.74) is 7.06. The van der Waals surface area contributed by atoms with Crippen molar-refractivity contribution in [2.45, 2.75) is 0 Å². The van der Waals surface area contributed by atoms with Crippen LogP contribution in [0.3, 0.4) is 0 Å². The van der Waals surface area contributed by atoms with Gasteiger partial charge in [0.25, 0.3) is 11.5 Å². The number of aromatic nitrogens is 3. The van der Waals surface area contributed by atoms with Gasteiger partial charge in [0.05, 0.1) is 11.3 Å². The molecule has 0 radical (unpaired) electrons. The van der Waals surface area contributed by atoms with E-state index in [1.54, 1.807) is 24.3 Å². The third kappa shape index (κ3) is 2.63. The summed E-state index contributed by atoms with van der Waals surface area (Å²) in [5, 5.41) is 4.31. The molecule has 1 aliphatic heterocycles. The van der Waals surface area contributed by atoms with E-state index < -0.39 is 17.4 Å². The van der Waals surface area contributed by atoms with E-state index in [2.05, 4.69) is 10.1 Å². The number of thiazole rings is 1. The summed E-state index contributed by atoms with van der Waals surface area (Å²) in [4.78, 5) is 43.6. The zero-order chi connectivity index (χ0) is 20.1. The minimum absolute atomic E-state index is 0.240. The maximum absolute atomic E-state index is 13.0. The number of hydrogen-bond acceptors (Lipinski definition) is 6. The third-order valence-corrected chi connectivity index (χ3v) is 5.68. The molecule has 5 rings (SSSR count). The summed E-state index contributed by atoms with van der Waals surface area (Å²) in [6, 6.07) is 16.3. The molecule has 0 saturated heterocycles. The van der Waals surface area contributed by atoms with Crippen LogP contribution in [0.4, 0.5) is 5.69 Å². The first-order chi connectivity index (χ1) is 14.0. The molecule has 0 spiro atoms. The Bertz CT molecular complexity index is 1410. The Morgan fingerprint density at radius 3 is 2.48 bits per heavy atom. The Morgan fingerprint density at radius 2 is 1.76 bits per heavy atom. The molecule has 29 heavy (non-hydrogen) atoms. The lowest BCUT2D eigenvalue weighted by Gasteiger charge is -2.14. The first-order valence-corrected chi connectivity index (χ1v) is 9.55. The molecule has 3 heterocycles. The number of benzene rings is 2. The molecule has 142 valence electrons. The fourth-order valence-electron chi connectivity index (χ4n) is 3.41. The summed E-state index contributed by atoms with van der Waals surface area (Å²) in [5.74, 6) is -0.624. The zero-order valence-electron chi connectivity index (χ0n) is 14.9. The quantitative estimate of drug-likeness (QED) is 0.538. The molecule has 2 N–H and O–H groups in total. The molecule has 8 nitrogen and oxygen atoms in total. The Balaban J connectivity index is 1.73. The van der Waals surface area contributed by atoms with Gasteiger partial charge in [0.1, 0.15) is 11.1 Å². The molecular formula is C20H13N5O3S. The van der Waals surface area contributed by atoms with Crippen LogP contribution in [0, 0.1) is 0 Å².